The first-order chi connectivity index (χ1) is 9.29. The van der Waals surface area contributed by atoms with Gasteiger partial charge in [0.15, 0.2) is 5.12 Å². The van der Waals surface area contributed by atoms with E-state index in [1.807, 2.05) is 24.3 Å². The summed E-state index contributed by atoms with van der Waals surface area (Å²) in [5.74, 6) is 0. The lowest BCUT2D eigenvalue weighted by Gasteiger charge is -2.03. The molecule has 0 N–H and O–H groups in total. The van der Waals surface area contributed by atoms with Crippen molar-refractivity contribution in [1.29, 1.82) is 0 Å². The molecule has 0 atom stereocenters. The number of carbonyl (C=O) groups is 1. The zero-order valence-electron chi connectivity index (χ0n) is 11.0. The van der Waals surface area contributed by atoms with Gasteiger partial charge in [0.25, 0.3) is 0 Å². The van der Waals surface area contributed by atoms with Crippen molar-refractivity contribution in [3.8, 4) is 0 Å². The van der Waals surface area contributed by atoms with Crippen molar-refractivity contribution in [2.24, 2.45) is 0 Å². The van der Waals surface area contributed by atoms with Gasteiger partial charge < -0.3 is 0 Å². The van der Waals surface area contributed by atoms with Gasteiger partial charge in [-0.25, -0.2) is 0 Å². The van der Waals surface area contributed by atoms with Crippen molar-refractivity contribution in [2.45, 2.75) is 30.6 Å². The third kappa shape index (κ3) is 4.25. The number of unbranched alkanes of at least 4 members (excludes halogenated alkanes) is 2. The molecule has 19 heavy (non-hydrogen) atoms. The molecule has 98 valence electrons. The number of fused-ring (bicyclic) bond motifs is 1. The van der Waals surface area contributed by atoms with Crippen LogP contribution < -0.4 is 0 Å². The summed E-state index contributed by atoms with van der Waals surface area (Å²) in [5, 5.41) is 2.65. The molecule has 0 amide bonds. The van der Waals surface area contributed by atoms with Gasteiger partial charge in [-0.05, 0) is 42.2 Å². The van der Waals surface area contributed by atoms with E-state index in [-0.39, 0.29) is 5.12 Å². The van der Waals surface area contributed by atoms with Gasteiger partial charge in [0.1, 0.15) is 0 Å². The predicted molar refractivity (Wildman–Crippen MR) is 83.5 cm³/mol. The Balaban J connectivity index is 1.93. The molecule has 0 fully saturated rings. The van der Waals surface area contributed by atoms with Crippen LogP contribution in [0, 0.1) is 0 Å². The van der Waals surface area contributed by atoms with Gasteiger partial charge in [-0.15, -0.1) is 6.58 Å². The first-order valence-electron chi connectivity index (χ1n) is 6.60. The highest BCUT2D eigenvalue weighted by atomic mass is 32.2. The van der Waals surface area contributed by atoms with E-state index in [1.165, 1.54) is 22.5 Å². The summed E-state index contributed by atoms with van der Waals surface area (Å²) in [5.41, 5.74) is 0. The highest BCUT2D eigenvalue weighted by Gasteiger charge is 2.05. The summed E-state index contributed by atoms with van der Waals surface area (Å²) in [6, 6.07) is 14.4. The van der Waals surface area contributed by atoms with Crippen molar-refractivity contribution >= 4 is 27.6 Å². The maximum atomic E-state index is 11.8. The fourth-order valence-electron chi connectivity index (χ4n) is 1.97. The summed E-state index contributed by atoms with van der Waals surface area (Å²) in [7, 11) is 0. The molecule has 0 saturated heterocycles. The second kappa shape index (κ2) is 7.15. The smallest absolute Gasteiger partial charge is 0.193 e. The molecule has 0 unspecified atom stereocenters. The third-order valence-corrected chi connectivity index (χ3v) is 3.91. The summed E-state index contributed by atoms with van der Waals surface area (Å²) >= 11 is 1.35. The second-order valence-electron chi connectivity index (χ2n) is 4.52. The Hall–Kier alpha value is -1.54. The van der Waals surface area contributed by atoms with Gasteiger partial charge in [0, 0.05) is 11.3 Å². The van der Waals surface area contributed by atoms with E-state index in [0.717, 1.165) is 24.2 Å². The molecule has 0 aliphatic carbocycles. The summed E-state index contributed by atoms with van der Waals surface area (Å²) in [6.07, 6.45) is 5.54. The van der Waals surface area contributed by atoms with Crippen molar-refractivity contribution in [1.82, 2.24) is 0 Å². The van der Waals surface area contributed by atoms with Crippen LogP contribution in [0.25, 0.3) is 10.8 Å². The van der Waals surface area contributed by atoms with E-state index in [0.29, 0.717) is 6.42 Å². The highest BCUT2D eigenvalue weighted by molar-refractivity contribution is 8.13. The van der Waals surface area contributed by atoms with Gasteiger partial charge in [-0.3, -0.25) is 4.79 Å². The lowest BCUT2D eigenvalue weighted by atomic mass is 10.1. The van der Waals surface area contributed by atoms with E-state index in [2.05, 4.69) is 30.8 Å². The van der Waals surface area contributed by atoms with Gasteiger partial charge >= 0.3 is 0 Å². The molecule has 0 spiro atoms. The van der Waals surface area contributed by atoms with Crippen LogP contribution in [0.4, 0.5) is 0 Å². The quantitative estimate of drug-likeness (QED) is 0.407. The molecule has 2 heteroatoms. The molecule has 0 bridgehead atoms. The number of allylic oxidation sites excluding steroid dienone is 1. The number of hydrogen-bond acceptors (Lipinski definition) is 2. The summed E-state index contributed by atoms with van der Waals surface area (Å²) in [4.78, 5) is 12.9. The first kappa shape index (κ1) is 13.9. The number of carbonyl (C=O) groups excluding carboxylic acids is 1. The third-order valence-electron chi connectivity index (χ3n) is 2.99. The fraction of sp³-hybridized carbons (Fsp3) is 0.235. The summed E-state index contributed by atoms with van der Waals surface area (Å²) in [6.45, 7) is 3.68. The molecule has 0 heterocycles. The number of rotatable bonds is 6. The maximum absolute atomic E-state index is 11.8. The van der Waals surface area contributed by atoms with E-state index >= 15 is 0 Å². The molecule has 1 nitrogen and oxygen atoms in total. The standard InChI is InChI=1S/C17H18OS/c1-2-3-4-5-10-17(18)19-16-12-11-14-8-6-7-9-15(14)13-16/h2,6-9,11-13H,1,3-5,10H2. The highest BCUT2D eigenvalue weighted by Crippen LogP contribution is 2.25. The van der Waals surface area contributed by atoms with Crippen LogP contribution in [0.5, 0.6) is 0 Å². The Morgan fingerprint density at radius 1 is 1.11 bits per heavy atom. The van der Waals surface area contributed by atoms with Crippen molar-refractivity contribution < 1.29 is 4.79 Å². The summed E-state index contributed by atoms with van der Waals surface area (Å²) < 4.78 is 0. The zero-order chi connectivity index (χ0) is 13.5. The number of thioether (sulfide) groups is 1. The Bertz CT molecular complexity index is 574. The maximum Gasteiger partial charge on any atom is 0.193 e. The molecule has 0 aromatic heterocycles. The van der Waals surface area contributed by atoms with Crippen LogP contribution in [0.1, 0.15) is 25.7 Å². The van der Waals surface area contributed by atoms with Crippen molar-refractivity contribution in [2.75, 3.05) is 0 Å². The second-order valence-corrected chi connectivity index (χ2v) is 5.65. The lowest BCUT2D eigenvalue weighted by Crippen LogP contribution is -1.91. The van der Waals surface area contributed by atoms with Crippen LogP contribution in [-0.2, 0) is 4.79 Å². The van der Waals surface area contributed by atoms with Crippen LogP contribution in [0.2, 0.25) is 0 Å². The lowest BCUT2D eigenvalue weighted by molar-refractivity contribution is -0.111. The molecule has 0 aliphatic heterocycles. The van der Waals surface area contributed by atoms with Crippen LogP contribution in [0.3, 0.4) is 0 Å². The molecule has 0 radical (unpaired) electrons. The van der Waals surface area contributed by atoms with Gasteiger partial charge in [0.2, 0.25) is 0 Å². The molecule has 0 aliphatic rings. The minimum atomic E-state index is 0.249. The van der Waals surface area contributed by atoms with Crippen LogP contribution in [-0.4, -0.2) is 5.12 Å². The van der Waals surface area contributed by atoms with Crippen LogP contribution >= 0.6 is 11.8 Å². The topological polar surface area (TPSA) is 17.1 Å². The predicted octanol–water partition coefficient (Wildman–Crippen LogP) is 5.20. The Labute approximate surface area is 118 Å². The van der Waals surface area contributed by atoms with E-state index in [4.69, 9.17) is 0 Å². The molecular weight excluding hydrogens is 252 g/mol. The molecule has 0 saturated carbocycles. The molecule has 2 rings (SSSR count). The largest absolute Gasteiger partial charge is 0.287 e. The van der Waals surface area contributed by atoms with E-state index < -0.39 is 0 Å². The molecular formula is C17H18OS. The molecule has 2 aromatic carbocycles. The average molecular weight is 270 g/mol. The SMILES string of the molecule is C=CCCCCC(=O)Sc1ccc2ccccc2c1. The Kier molecular flexibility index (Phi) is 5.22. The minimum Gasteiger partial charge on any atom is -0.287 e. The van der Waals surface area contributed by atoms with Crippen molar-refractivity contribution in [3.63, 3.8) is 0 Å². The van der Waals surface area contributed by atoms with E-state index in [9.17, 15) is 4.79 Å². The minimum absolute atomic E-state index is 0.249. The zero-order valence-corrected chi connectivity index (χ0v) is 11.8. The first-order valence-corrected chi connectivity index (χ1v) is 7.41. The van der Waals surface area contributed by atoms with E-state index in [1.54, 1.807) is 0 Å². The van der Waals surface area contributed by atoms with Crippen molar-refractivity contribution in [3.05, 3.63) is 55.1 Å². The fourth-order valence-corrected chi connectivity index (χ4v) is 2.80. The van der Waals surface area contributed by atoms with Crippen LogP contribution in [0.15, 0.2) is 60.0 Å². The normalized spacial score (nSPS) is 10.5. The average Bonchev–Trinajstić information content (AvgIpc) is 2.43. The van der Waals surface area contributed by atoms with Gasteiger partial charge in [-0.1, -0.05) is 48.2 Å². The molecule has 2 aromatic rings. The number of hydrogen-bond donors (Lipinski definition) is 0. The monoisotopic (exact) mass is 270 g/mol. The number of benzene rings is 2. The Morgan fingerprint density at radius 2 is 1.89 bits per heavy atom. The van der Waals surface area contributed by atoms with Gasteiger partial charge in [-0.2, -0.15) is 0 Å². The Morgan fingerprint density at radius 3 is 2.68 bits per heavy atom. The van der Waals surface area contributed by atoms with Gasteiger partial charge in [0.05, 0.1) is 0 Å².